The molecule has 11 heteroatoms. The molecule has 180 valence electrons. The van der Waals surface area contributed by atoms with Crippen molar-refractivity contribution in [3.8, 4) is 0 Å². The second kappa shape index (κ2) is 11.7. The molecule has 33 heavy (non-hydrogen) atoms. The van der Waals surface area contributed by atoms with E-state index in [2.05, 4.69) is 20.8 Å². The molecule has 1 aliphatic carbocycles. The van der Waals surface area contributed by atoms with E-state index in [1.807, 2.05) is 0 Å². The number of carbonyl (C=O) groups excluding carboxylic acids is 2. The van der Waals surface area contributed by atoms with Crippen molar-refractivity contribution in [3.05, 3.63) is 23.5 Å². The highest BCUT2D eigenvalue weighted by Crippen LogP contribution is 2.28. The highest BCUT2D eigenvalue weighted by Gasteiger charge is 2.38. The second-order valence-corrected chi connectivity index (χ2v) is 8.80. The van der Waals surface area contributed by atoms with Gasteiger partial charge in [0, 0.05) is 6.54 Å². The first-order valence-corrected chi connectivity index (χ1v) is 11.6. The molecule has 0 aromatic carbocycles. The van der Waals surface area contributed by atoms with Gasteiger partial charge in [0.25, 0.3) is 0 Å². The highest BCUT2D eigenvalue weighted by atomic mass is 16.4. The van der Waals surface area contributed by atoms with E-state index in [1.54, 1.807) is 17.0 Å². The van der Waals surface area contributed by atoms with Gasteiger partial charge >= 0.3 is 5.97 Å². The van der Waals surface area contributed by atoms with Crippen molar-refractivity contribution in [1.82, 2.24) is 25.7 Å². The van der Waals surface area contributed by atoms with Crippen LogP contribution in [0.2, 0.25) is 0 Å². The maximum atomic E-state index is 13.4. The third-order valence-corrected chi connectivity index (χ3v) is 6.37. The molecule has 2 amide bonds. The van der Waals surface area contributed by atoms with Crippen LogP contribution in [0.1, 0.15) is 62.8 Å². The molecule has 1 aliphatic heterocycles. The summed E-state index contributed by atoms with van der Waals surface area (Å²) in [5.41, 5.74) is 6.15. The molecular weight excluding hydrogens is 426 g/mol. The van der Waals surface area contributed by atoms with Crippen molar-refractivity contribution in [2.24, 2.45) is 11.7 Å². The van der Waals surface area contributed by atoms with Crippen molar-refractivity contribution in [2.75, 3.05) is 13.1 Å². The number of amides is 2. The summed E-state index contributed by atoms with van der Waals surface area (Å²) in [5, 5.41) is 30.0. The molecule has 1 saturated heterocycles. The molecule has 11 nitrogen and oxygen atoms in total. The Morgan fingerprint density at radius 2 is 1.91 bits per heavy atom. The minimum Gasteiger partial charge on any atom is -0.480 e. The zero-order valence-corrected chi connectivity index (χ0v) is 18.8. The first-order valence-electron chi connectivity index (χ1n) is 11.6. The predicted octanol–water partition coefficient (Wildman–Crippen LogP) is 0.381. The quantitative estimate of drug-likeness (QED) is 0.246. The van der Waals surface area contributed by atoms with Gasteiger partial charge < -0.3 is 21.1 Å². The fourth-order valence-corrected chi connectivity index (χ4v) is 4.63. The van der Waals surface area contributed by atoms with E-state index in [-0.39, 0.29) is 36.4 Å². The van der Waals surface area contributed by atoms with Crippen LogP contribution in [0, 0.1) is 11.3 Å². The van der Waals surface area contributed by atoms with Crippen molar-refractivity contribution in [2.45, 2.75) is 70.0 Å². The van der Waals surface area contributed by atoms with Gasteiger partial charge in [0.2, 0.25) is 11.8 Å². The van der Waals surface area contributed by atoms with Gasteiger partial charge in [-0.25, -0.2) is 0 Å². The maximum absolute atomic E-state index is 13.4. The van der Waals surface area contributed by atoms with Crippen molar-refractivity contribution < 1.29 is 19.5 Å². The molecule has 1 aromatic heterocycles. The number of carboxylic acids is 1. The summed E-state index contributed by atoms with van der Waals surface area (Å²) in [4.78, 5) is 38.9. The summed E-state index contributed by atoms with van der Waals surface area (Å²) >= 11 is 0. The van der Waals surface area contributed by atoms with Gasteiger partial charge in [0.05, 0.1) is 24.8 Å². The number of nitrogen functional groups attached to an aromatic ring is 1. The second-order valence-electron chi connectivity index (χ2n) is 8.80. The monoisotopic (exact) mass is 459 g/mol. The lowest BCUT2D eigenvalue weighted by Gasteiger charge is -2.31. The number of aliphatic carboxylic acids is 1. The molecule has 1 aromatic rings. The lowest BCUT2D eigenvalue weighted by atomic mass is 9.84. The van der Waals surface area contributed by atoms with Crippen LogP contribution in [0.5, 0.6) is 0 Å². The Bertz CT molecular complexity index is 855. The number of carboxylic acid groups (broad SMARTS) is 1. The molecule has 1 saturated carbocycles. The Labute approximate surface area is 193 Å². The minimum absolute atomic E-state index is 0.144. The van der Waals surface area contributed by atoms with Gasteiger partial charge in [-0.1, -0.05) is 32.1 Å². The molecule has 0 bridgehead atoms. The first-order chi connectivity index (χ1) is 15.8. The molecular formula is C22H33N7O4. The summed E-state index contributed by atoms with van der Waals surface area (Å²) in [5.74, 6) is -1.28. The van der Waals surface area contributed by atoms with Crippen LogP contribution in [-0.4, -0.2) is 69.0 Å². The number of hydrogen-bond donors (Lipinski definition) is 5. The maximum Gasteiger partial charge on any atom is 0.317 e. The number of amidine groups is 1. The molecule has 0 unspecified atom stereocenters. The van der Waals surface area contributed by atoms with Gasteiger partial charge in [-0.3, -0.25) is 25.1 Å². The Kier molecular flexibility index (Phi) is 8.70. The van der Waals surface area contributed by atoms with E-state index in [4.69, 9.17) is 16.2 Å². The fourth-order valence-electron chi connectivity index (χ4n) is 4.63. The van der Waals surface area contributed by atoms with Crippen LogP contribution in [0.3, 0.4) is 0 Å². The SMILES string of the molecule is N=C(N)c1ccc(CNC(=O)[C@@H]2CCCN2C(=O)[C@@H](CC2CCCCC2)NCC(=O)O)nn1. The summed E-state index contributed by atoms with van der Waals surface area (Å²) in [7, 11) is 0. The number of aromatic nitrogens is 2. The zero-order chi connectivity index (χ0) is 23.8. The van der Waals surface area contributed by atoms with Gasteiger partial charge in [0.15, 0.2) is 0 Å². The van der Waals surface area contributed by atoms with Gasteiger partial charge in [-0.05, 0) is 37.3 Å². The van der Waals surface area contributed by atoms with Crippen molar-refractivity contribution in [3.63, 3.8) is 0 Å². The van der Waals surface area contributed by atoms with E-state index < -0.39 is 18.1 Å². The standard InChI is InChI=1S/C22H33N7O4/c23-20(24)16-9-8-15(27-28-16)12-26-21(32)18-7-4-10-29(18)22(33)17(25-13-19(30)31)11-14-5-2-1-3-6-14/h8-9,14,17-18,25H,1-7,10-13H2,(H3,23,24)(H,26,32)(H,30,31)/t17-,18+/m1/s1. The van der Waals surface area contributed by atoms with E-state index in [0.29, 0.717) is 37.4 Å². The highest BCUT2D eigenvalue weighted by molar-refractivity contribution is 5.92. The van der Waals surface area contributed by atoms with Crippen molar-refractivity contribution in [1.29, 1.82) is 5.41 Å². The fraction of sp³-hybridized carbons (Fsp3) is 0.636. The summed E-state index contributed by atoms with van der Waals surface area (Å²) in [6, 6.07) is 1.99. The van der Waals surface area contributed by atoms with Gasteiger partial charge in [-0.15, -0.1) is 5.10 Å². The average molecular weight is 460 g/mol. The summed E-state index contributed by atoms with van der Waals surface area (Å²) in [6.45, 7) is 0.327. The van der Waals surface area contributed by atoms with E-state index in [0.717, 1.165) is 25.7 Å². The third kappa shape index (κ3) is 6.95. The first kappa shape index (κ1) is 24.6. The molecule has 0 radical (unpaired) electrons. The minimum atomic E-state index is -1.01. The Morgan fingerprint density at radius 3 is 2.55 bits per heavy atom. The van der Waals surface area contributed by atoms with Crippen molar-refractivity contribution >= 4 is 23.6 Å². The number of nitrogens with two attached hydrogens (primary N) is 1. The lowest BCUT2D eigenvalue weighted by molar-refractivity contribution is -0.141. The molecule has 2 aliphatic rings. The van der Waals surface area contributed by atoms with Crippen LogP contribution in [0.25, 0.3) is 0 Å². The average Bonchev–Trinajstić information content (AvgIpc) is 3.30. The van der Waals surface area contributed by atoms with Crippen LogP contribution in [0.15, 0.2) is 12.1 Å². The number of hydrogen-bond acceptors (Lipinski definition) is 7. The van der Waals surface area contributed by atoms with Crippen LogP contribution in [-0.2, 0) is 20.9 Å². The molecule has 0 spiro atoms. The summed E-state index contributed by atoms with van der Waals surface area (Å²) < 4.78 is 0. The van der Waals surface area contributed by atoms with Crippen LogP contribution in [0.4, 0.5) is 0 Å². The smallest absolute Gasteiger partial charge is 0.317 e. The van der Waals surface area contributed by atoms with E-state index in [1.165, 1.54) is 6.42 Å². The normalized spacial score (nSPS) is 19.8. The molecule has 6 N–H and O–H groups in total. The Hall–Kier alpha value is -3.08. The number of carbonyl (C=O) groups is 3. The number of rotatable bonds is 10. The summed E-state index contributed by atoms with van der Waals surface area (Å²) in [6.07, 6.45) is 7.43. The molecule has 2 heterocycles. The molecule has 2 atom stereocenters. The lowest BCUT2D eigenvalue weighted by Crippen LogP contribution is -2.53. The third-order valence-electron chi connectivity index (χ3n) is 6.37. The largest absolute Gasteiger partial charge is 0.480 e. The number of nitrogens with zero attached hydrogens (tertiary/aromatic N) is 3. The zero-order valence-electron chi connectivity index (χ0n) is 18.8. The molecule has 2 fully saturated rings. The van der Waals surface area contributed by atoms with E-state index in [9.17, 15) is 14.4 Å². The number of likely N-dealkylation sites (tertiary alicyclic amines) is 1. The van der Waals surface area contributed by atoms with Gasteiger partial charge in [-0.2, -0.15) is 5.10 Å². The predicted molar refractivity (Wildman–Crippen MR) is 120 cm³/mol. The topological polar surface area (TPSA) is 174 Å². The van der Waals surface area contributed by atoms with Gasteiger partial charge in [0.1, 0.15) is 17.6 Å². The van der Waals surface area contributed by atoms with Crippen LogP contribution < -0.4 is 16.4 Å². The Balaban J connectivity index is 1.61. The Morgan fingerprint density at radius 1 is 1.15 bits per heavy atom. The van der Waals surface area contributed by atoms with E-state index >= 15 is 0 Å². The number of nitrogens with one attached hydrogen (secondary N) is 3. The van der Waals surface area contributed by atoms with Crippen LogP contribution >= 0.6 is 0 Å². The molecule has 3 rings (SSSR count).